The van der Waals surface area contributed by atoms with Crippen LogP contribution in [0.15, 0.2) is 18.2 Å². The van der Waals surface area contributed by atoms with Crippen LogP contribution >= 0.6 is 0 Å². The van der Waals surface area contributed by atoms with E-state index in [1.54, 1.807) is 0 Å². The summed E-state index contributed by atoms with van der Waals surface area (Å²) in [5, 5.41) is 2.81. The van der Waals surface area contributed by atoms with Crippen LogP contribution in [-0.4, -0.2) is 29.3 Å². The summed E-state index contributed by atoms with van der Waals surface area (Å²) in [5.41, 5.74) is 2.44. The van der Waals surface area contributed by atoms with E-state index in [2.05, 4.69) is 19.2 Å². The molecule has 1 N–H and O–H groups in total. The fourth-order valence-corrected chi connectivity index (χ4v) is 3.14. The van der Waals surface area contributed by atoms with E-state index >= 15 is 0 Å². The Balaban J connectivity index is 1.84. The third-order valence-electron chi connectivity index (χ3n) is 4.62. The van der Waals surface area contributed by atoms with E-state index in [0.29, 0.717) is 17.9 Å². The molecule has 0 aromatic heterocycles. The first-order valence-corrected chi connectivity index (χ1v) is 7.30. The molecule has 0 bridgehead atoms. The maximum Gasteiger partial charge on any atom is 0.254 e. The Morgan fingerprint density at radius 3 is 2.95 bits per heavy atom. The Labute approximate surface area is 119 Å². The number of carbonyl (C=O) groups is 2. The zero-order chi connectivity index (χ0) is 14.3. The monoisotopic (exact) mass is 272 g/mol. The van der Waals surface area contributed by atoms with E-state index in [-0.39, 0.29) is 17.9 Å². The first kappa shape index (κ1) is 13.2. The molecule has 2 aliphatic rings. The van der Waals surface area contributed by atoms with E-state index in [1.165, 1.54) is 6.42 Å². The van der Waals surface area contributed by atoms with Crippen molar-refractivity contribution in [3.05, 3.63) is 29.3 Å². The summed E-state index contributed by atoms with van der Waals surface area (Å²) in [4.78, 5) is 26.0. The predicted octanol–water partition coefficient (Wildman–Crippen LogP) is 2.44. The van der Waals surface area contributed by atoms with Gasteiger partial charge in [-0.25, -0.2) is 0 Å². The Bertz CT molecular complexity index is 568. The highest BCUT2D eigenvalue weighted by atomic mass is 16.2. The standard InChI is InChI=1S/C16H20N2O2/c1-10-4-3-7-18(11(10)2)16(20)13-6-5-12-9-15(19)17-14(12)8-13/h5-6,8,10-11H,3-4,7,9H2,1-2H3,(H,17,19). The van der Waals surface area contributed by atoms with Gasteiger partial charge in [0.2, 0.25) is 5.91 Å². The van der Waals surface area contributed by atoms with Gasteiger partial charge >= 0.3 is 0 Å². The van der Waals surface area contributed by atoms with Crippen LogP contribution in [0.25, 0.3) is 0 Å². The maximum atomic E-state index is 12.7. The lowest BCUT2D eigenvalue weighted by Gasteiger charge is -2.38. The number of piperidine rings is 1. The minimum atomic E-state index is 0.00422. The molecule has 1 fully saturated rings. The summed E-state index contributed by atoms with van der Waals surface area (Å²) in [6, 6.07) is 5.82. The van der Waals surface area contributed by atoms with Gasteiger partial charge in [-0.05, 0) is 43.4 Å². The van der Waals surface area contributed by atoms with Gasteiger partial charge in [0.25, 0.3) is 5.91 Å². The zero-order valence-corrected chi connectivity index (χ0v) is 12.0. The molecule has 0 aliphatic carbocycles. The number of hydrogen-bond acceptors (Lipinski definition) is 2. The Morgan fingerprint density at radius 2 is 2.15 bits per heavy atom. The molecule has 1 aromatic rings. The van der Waals surface area contributed by atoms with Gasteiger partial charge in [-0.15, -0.1) is 0 Å². The molecule has 2 heterocycles. The number of fused-ring (bicyclic) bond motifs is 1. The zero-order valence-electron chi connectivity index (χ0n) is 12.0. The van der Waals surface area contributed by atoms with Crippen LogP contribution in [0.1, 0.15) is 42.6 Å². The largest absolute Gasteiger partial charge is 0.336 e. The predicted molar refractivity (Wildman–Crippen MR) is 77.7 cm³/mol. The number of anilines is 1. The second-order valence-electron chi connectivity index (χ2n) is 5.96. The fraction of sp³-hybridized carbons (Fsp3) is 0.500. The van der Waals surface area contributed by atoms with Crippen LogP contribution in [0.2, 0.25) is 0 Å². The fourth-order valence-electron chi connectivity index (χ4n) is 3.14. The third kappa shape index (κ3) is 2.19. The van der Waals surface area contributed by atoms with Gasteiger partial charge < -0.3 is 10.2 Å². The van der Waals surface area contributed by atoms with Crippen LogP contribution in [-0.2, 0) is 11.2 Å². The second kappa shape index (κ2) is 4.93. The van der Waals surface area contributed by atoms with E-state index < -0.39 is 0 Å². The smallest absolute Gasteiger partial charge is 0.254 e. The quantitative estimate of drug-likeness (QED) is 0.853. The number of carbonyl (C=O) groups excluding carboxylic acids is 2. The molecule has 0 radical (unpaired) electrons. The van der Waals surface area contributed by atoms with Gasteiger partial charge in [-0.2, -0.15) is 0 Å². The van der Waals surface area contributed by atoms with Crippen LogP contribution < -0.4 is 5.32 Å². The molecule has 2 amide bonds. The molecular weight excluding hydrogens is 252 g/mol. The Hall–Kier alpha value is -1.84. The highest BCUT2D eigenvalue weighted by Gasteiger charge is 2.29. The van der Waals surface area contributed by atoms with Gasteiger partial charge in [-0.1, -0.05) is 13.0 Å². The summed E-state index contributed by atoms with van der Waals surface area (Å²) >= 11 is 0. The molecule has 0 saturated carbocycles. The van der Waals surface area contributed by atoms with Crippen molar-refractivity contribution in [3.63, 3.8) is 0 Å². The van der Waals surface area contributed by atoms with Crippen molar-refractivity contribution < 1.29 is 9.59 Å². The average Bonchev–Trinajstić information content (AvgIpc) is 2.80. The Kier molecular flexibility index (Phi) is 3.24. The molecule has 4 nitrogen and oxygen atoms in total. The molecular formula is C16H20N2O2. The number of benzene rings is 1. The van der Waals surface area contributed by atoms with Gasteiger partial charge in [0.05, 0.1) is 6.42 Å². The number of nitrogens with zero attached hydrogens (tertiary/aromatic N) is 1. The molecule has 4 heteroatoms. The van der Waals surface area contributed by atoms with Crippen LogP contribution in [0, 0.1) is 5.92 Å². The maximum absolute atomic E-state index is 12.7. The van der Waals surface area contributed by atoms with E-state index in [9.17, 15) is 9.59 Å². The number of rotatable bonds is 1. The molecule has 1 saturated heterocycles. The lowest BCUT2D eigenvalue weighted by Crippen LogP contribution is -2.46. The highest BCUT2D eigenvalue weighted by Crippen LogP contribution is 2.28. The van der Waals surface area contributed by atoms with Crippen LogP contribution in [0.5, 0.6) is 0 Å². The lowest BCUT2D eigenvalue weighted by atomic mass is 9.91. The first-order chi connectivity index (χ1) is 9.56. The topological polar surface area (TPSA) is 49.4 Å². The normalized spacial score (nSPS) is 25.3. The molecule has 2 atom stereocenters. The molecule has 3 rings (SSSR count). The van der Waals surface area contributed by atoms with E-state index in [0.717, 1.165) is 24.2 Å². The van der Waals surface area contributed by atoms with Gasteiger partial charge in [0, 0.05) is 23.8 Å². The van der Waals surface area contributed by atoms with Crippen molar-refractivity contribution in [2.45, 2.75) is 39.2 Å². The van der Waals surface area contributed by atoms with Crippen LogP contribution in [0.3, 0.4) is 0 Å². The van der Waals surface area contributed by atoms with Gasteiger partial charge in [0.1, 0.15) is 0 Å². The summed E-state index contributed by atoms with van der Waals surface area (Å²) in [6.45, 7) is 5.15. The highest BCUT2D eigenvalue weighted by molar-refractivity contribution is 6.02. The van der Waals surface area contributed by atoms with Gasteiger partial charge in [-0.3, -0.25) is 9.59 Å². The lowest BCUT2D eigenvalue weighted by molar-refractivity contribution is -0.115. The van der Waals surface area contributed by atoms with Crippen molar-refractivity contribution in [1.29, 1.82) is 0 Å². The first-order valence-electron chi connectivity index (χ1n) is 7.30. The van der Waals surface area contributed by atoms with Crippen LogP contribution in [0.4, 0.5) is 5.69 Å². The number of nitrogens with one attached hydrogen (secondary N) is 1. The Morgan fingerprint density at radius 1 is 1.35 bits per heavy atom. The number of amides is 2. The molecule has 1 aromatic carbocycles. The molecule has 2 unspecified atom stereocenters. The average molecular weight is 272 g/mol. The molecule has 106 valence electrons. The summed E-state index contributed by atoms with van der Waals surface area (Å²) in [5.74, 6) is 0.624. The number of likely N-dealkylation sites (tertiary alicyclic amines) is 1. The van der Waals surface area contributed by atoms with E-state index in [4.69, 9.17) is 0 Å². The second-order valence-corrected chi connectivity index (χ2v) is 5.96. The van der Waals surface area contributed by atoms with Gasteiger partial charge in [0.15, 0.2) is 0 Å². The minimum Gasteiger partial charge on any atom is -0.336 e. The summed E-state index contributed by atoms with van der Waals surface area (Å²) in [7, 11) is 0. The molecule has 0 spiro atoms. The summed E-state index contributed by atoms with van der Waals surface area (Å²) in [6.07, 6.45) is 2.67. The van der Waals surface area contributed by atoms with Crippen molar-refractivity contribution in [3.8, 4) is 0 Å². The third-order valence-corrected chi connectivity index (χ3v) is 4.62. The summed E-state index contributed by atoms with van der Waals surface area (Å²) < 4.78 is 0. The van der Waals surface area contributed by atoms with Crippen molar-refractivity contribution >= 4 is 17.5 Å². The van der Waals surface area contributed by atoms with Crippen molar-refractivity contribution in [2.75, 3.05) is 11.9 Å². The van der Waals surface area contributed by atoms with Crippen molar-refractivity contribution in [1.82, 2.24) is 4.90 Å². The SMILES string of the molecule is CC1CCCN(C(=O)c2ccc3c(c2)NC(=O)C3)C1C. The molecule has 20 heavy (non-hydrogen) atoms. The number of hydrogen-bond donors (Lipinski definition) is 1. The molecule has 2 aliphatic heterocycles. The minimum absolute atomic E-state index is 0.00422. The van der Waals surface area contributed by atoms with E-state index in [1.807, 2.05) is 23.1 Å². The van der Waals surface area contributed by atoms with Crippen molar-refractivity contribution in [2.24, 2.45) is 5.92 Å².